The van der Waals surface area contributed by atoms with Crippen LogP contribution in [0, 0.1) is 0 Å². The standard InChI is InChI=1S/C15H23N3O2/c1-5-11(2)16-14(19)10-15(20)17-12-6-8-13(9-7-12)18(3)4/h6-9,11H,5,10H2,1-4H3,(H,16,19)(H,17,20). The van der Waals surface area contributed by atoms with Gasteiger partial charge in [-0.05, 0) is 37.6 Å². The number of rotatable bonds is 6. The minimum Gasteiger partial charge on any atom is -0.378 e. The smallest absolute Gasteiger partial charge is 0.233 e. The molecule has 0 heterocycles. The van der Waals surface area contributed by atoms with Crippen LogP contribution in [0.2, 0.25) is 0 Å². The molecule has 5 nitrogen and oxygen atoms in total. The van der Waals surface area contributed by atoms with Gasteiger partial charge in [0.1, 0.15) is 6.42 Å². The highest BCUT2D eigenvalue weighted by Gasteiger charge is 2.11. The van der Waals surface area contributed by atoms with E-state index in [-0.39, 0.29) is 24.3 Å². The van der Waals surface area contributed by atoms with E-state index in [9.17, 15) is 9.59 Å². The minimum absolute atomic E-state index is 0.0923. The summed E-state index contributed by atoms with van der Waals surface area (Å²) in [6, 6.07) is 7.55. The van der Waals surface area contributed by atoms with Crippen molar-refractivity contribution < 1.29 is 9.59 Å². The van der Waals surface area contributed by atoms with E-state index in [1.165, 1.54) is 0 Å². The van der Waals surface area contributed by atoms with Gasteiger partial charge >= 0.3 is 0 Å². The van der Waals surface area contributed by atoms with Crippen LogP contribution < -0.4 is 15.5 Å². The van der Waals surface area contributed by atoms with Gasteiger partial charge in [0, 0.05) is 31.5 Å². The second kappa shape index (κ2) is 7.53. The number of nitrogens with zero attached hydrogens (tertiary/aromatic N) is 1. The molecule has 0 aliphatic carbocycles. The fourth-order valence-corrected chi connectivity index (χ4v) is 1.62. The summed E-state index contributed by atoms with van der Waals surface area (Å²) in [5.74, 6) is -0.551. The average Bonchev–Trinajstić information content (AvgIpc) is 2.38. The Morgan fingerprint density at radius 2 is 1.75 bits per heavy atom. The molecule has 20 heavy (non-hydrogen) atoms. The second-order valence-corrected chi connectivity index (χ2v) is 5.04. The monoisotopic (exact) mass is 277 g/mol. The molecule has 0 aromatic heterocycles. The number of carbonyl (C=O) groups excluding carboxylic acids is 2. The van der Waals surface area contributed by atoms with E-state index in [1.54, 1.807) is 0 Å². The third kappa shape index (κ3) is 5.30. The molecule has 1 unspecified atom stereocenters. The zero-order valence-electron chi connectivity index (χ0n) is 12.6. The lowest BCUT2D eigenvalue weighted by molar-refractivity contribution is -0.127. The number of hydrogen-bond donors (Lipinski definition) is 2. The van der Waals surface area contributed by atoms with Gasteiger partial charge in [-0.2, -0.15) is 0 Å². The predicted molar refractivity (Wildman–Crippen MR) is 81.9 cm³/mol. The molecule has 1 aromatic carbocycles. The molecular formula is C15H23N3O2. The van der Waals surface area contributed by atoms with Gasteiger partial charge in [-0.3, -0.25) is 9.59 Å². The molecule has 2 N–H and O–H groups in total. The highest BCUT2D eigenvalue weighted by Crippen LogP contribution is 2.15. The molecule has 110 valence electrons. The molecule has 0 spiro atoms. The summed E-state index contributed by atoms with van der Waals surface area (Å²) in [7, 11) is 3.90. The van der Waals surface area contributed by atoms with Crippen molar-refractivity contribution in [1.29, 1.82) is 0 Å². The van der Waals surface area contributed by atoms with Gasteiger partial charge in [0.05, 0.1) is 0 Å². The van der Waals surface area contributed by atoms with Crippen molar-refractivity contribution in [1.82, 2.24) is 5.32 Å². The molecule has 0 fully saturated rings. The fourth-order valence-electron chi connectivity index (χ4n) is 1.62. The quantitative estimate of drug-likeness (QED) is 0.782. The van der Waals surface area contributed by atoms with E-state index in [1.807, 2.05) is 57.1 Å². The van der Waals surface area contributed by atoms with Crippen LogP contribution in [-0.4, -0.2) is 32.0 Å². The van der Waals surface area contributed by atoms with E-state index >= 15 is 0 Å². The van der Waals surface area contributed by atoms with Crippen molar-refractivity contribution in [3.63, 3.8) is 0 Å². The van der Waals surface area contributed by atoms with Gasteiger partial charge in [0.15, 0.2) is 0 Å². The normalized spacial score (nSPS) is 11.6. The van der Waals surface area contributed by atoms with Crippen LogP contribution in [0.5, 0.6) is 0 Å². The Kier molecular flexibility index (Phi) is 6.03. The molecule has 2 amide bonds. The maximum absolute atomic E-state index is 11.7. The topological polar surface area (TPSA) is 61.4 Å². The Morgan fingerprint density at radius 1 is 1.15 bits per heavy atom. The molecule has 0 radical (unpaired) electrons. The Bertz CT molecular complexity index is 455. The Labute approximate surface area is 120 Å². The molecular weight excluding hydrogens is 254 g/mol. The first-order valence-electron chi connectivity index (χ1n) is 6.79. The largest absolute Gasteiger partial charge is 0.378 e. The predicted octanol–water partition coefficient (Wildman–Crippen LogP) is 2.00. The summed E-state index contributed by atoms with van der Waals surface area (Å²) in [6.07, 6.45) is 0.694. The number of nitrogens with one attached hydrogen (secondary N) is 2. The lowest BCUT2D eigenvalue weighted by Crippen LogP contribution is -2.34. The summed E-state index contributed by atoms with van der Waals surface area (Å²) in [4.78, 5) is 25.3. The molecule has 0 saturated carbocycles. The van der Waals surface area contributed by atoms with Crippen molar-refractivity contribution >= 4 is 23.2 Å². The first kappa shape index (κ1) is 16.0. The zero-order valence-corrected chi connectivity index (χ0v) is 12.6. The van der Waals surface area contributed by atoms with Crippen LogP contribution in [0.1, 0.15) is 26.7 Å². The molecule has 0 saturated heterocycles. The van der Waals surface area contributed by atoms with Gasteiger partial charge in [0.25, 0.3) is 0 Å². The summed E-state index contributed by atoms with van der Waals surface area (Å²) in [5.41, 5.74) is 1.74. The third-order valence-corrected chi connectivity index (χ3v) is 3.01. The molecule has 0 bridgehead atoms. The average molecular weight is 277 g/mol. The van der Waals surface area contributed by atoms with Gasteiger partial charge in [-0.15, -0.1) is 0 Å². The van der Waals surface area contributed by atoms with Crippen molar-refractivity contribution in [3.05, 3.63) is 24.3 Å². The van der Waals surface area contributed by atoms with Crippen LogP contribution in [0.15, 0.2) is 24.3 Å². The minimum atomic E-state index is -0.302. The number of benzene rings is 1. The number of hydrogen-bond acceptors (Lipinski definition) is 3. The highest BCUT2D eigenvalue weighted by atomic mass is 16.2. The maximum Gasteiger partial charge on any atom is 0.233 e. The Morgan fingerprint density at radius 3 is 2.25 bits per heavy atom. The van der Waals surface area contributed by atoms with Crippen LogP contribution in [-0.2, 0) is 9.59 Å². The van der Waals surface area contributed by atoms with Crippen LogP contribution in [0.25, 0.3) is 0 Å². The Hall–Kier alpha value is -2.04. The first-order chi connectivity index (χ1) is 9.42. The summed E-state index contributed by atoms with van der Waals surface area (Å²) >= 11 is 0. The van der Waals surface area contributed by atoms with E-state index in [4.69, 9.17) is 0 Å². The van der Waals surface area contributed by atoms with Crippen molar-refractivity contribution in [3.8, 4) is 0 Å². The fraction of sp³-hybridized carbons (Fsp3) is 0.467. The third-order valence-electron chi connectivity index (χ3n) is 3.01. The van der Waals surface area contributed by atoms with Crippen LogP contribution in [0.4, 0.5) is 11.4 Å². The van der Waals surface area contributed by atoms with E-state index < -0.39 is 0 Å². The van der Waals surface area contributed by atoms with Gasteiger partial charge < -0.3 is 15.5 Å². The zero-order chi connectivity index (χ0) is 15.1. The number of amides is 2. The first-order valence-corrected chi connectivity index (χ1v) is 6.79. The van der Waals surface area contributed by atoms with E-state index in [2.05, 4.69) is 10.6 Å². The number of anilines is 2. The molecule has 1 aromatic rings. The summed E-state index contributed by atoms with van der Waals surface area (Å²) in [6.45, 7) is 3.90. The number of carbonyl (C=O) groups is 2. The van der Waals surface area contributed by atoms with Crippen molar-refractivity contribution in [2.45, 2.75) is 32.7 Å². The van der Waals surface area contributed by atoms with E-state index in [0.29, 0.717) is 5.69 Å². The summed E-state index contributed by atoms with van der Waals surface area (Å²) in [5, 5.41) is 5.48. The van der Waals surface area contributed by atoms with Gasteiger partial charge in [-0.1, -0.05) is 6.92 Å². The van der Waals surface area contributed by atoms with Crippen molar-refractivity contribution in [2.24, 2.45) is 0 Å². The maximum atomic E-state index is 11.7. The van der Waals surface area contributed by atoms with Gasteiger partial charge in [0.2, 0.25) is 11.8 Å². The van der Waals surface area contributed by atoms with Crippen LogP contribution in [0.3, 0.4) is 0 Å². The molecule has 5 heteroatoms. The molecule has 0 aliphatic heterocycles. The molecule has 1 rings (SSSR count). The Balaban J connectivity index is 2.48. The van der Waals surface area contributed by atoms with Crippen LogP contribution >= 0.6 is 0 Å². The molecule has 0 aliphatic rings. The lowest BCUT2D eigenvalue weighted by atomic mass is 10.2. The SMILES string of the molecule is CCC(C)NC(=O)CC(=O)Nc1ccc(N(C)C)cc1. The summed E-state index contributed by atoms with van der Waals surface area (Å²) < 4.78 is 0. The van der Waals surface area contributed by atoms with Crippen molar-refractivity contribution in [2.75, 3.05) is 24.3 Å². The molecule has 1 atom stereocenters. The lowest BCUT2D eigenvalue weighted by Gasteiger charge is -2.13. The van der Waals surface area contributed by atoms with Gasteiger partial charge in [-0.25, -0.2) is 0 Å². The van der Waals surface area contributed by atoms with E-state index in [0.717, 1.165) is 12.1 Å². The highest BCUT2D eigenvalue weighted by molar-refractivity contribution is 6.03. The second-order valence-electron chi connectivity index (χ2n) is 5.04.